The van der Waals surface area contributed by atoms with Crippen LogP contribution in [0.25, 0.3) is 0 Å². The lowest BCUT2D eigenvalue weighted by Gasteiger charge is -2.27. The fourth-order valence-corrected chi connectivity index (χ4v) is 4.37. The number of alkyl halides is 1. The van der Waals surface area contributed by atoms with Gasteiger partial charge in [0, 0.05) is 25.2 Å². The quantitative estimate of drug-likeness (QED) is 0.425. The first-order chi connectivity index (χ1) is 15.1. The smallest absolute Gasteiger partial charge is 0.187 e. The molecule has 5 heteroatoms. The van der Waals surface area contributed by atoms with Crippen molar-refractivity contribution in [1.82, 2.24) is 10.2 Å². The fourth-order valence-electron chi connectivity index (χ4n) is 4.37. The molecule has 0 spiro atoms. The third-order valence-electron chi connectivity index (χ3n) is 6.45. The summed E-state index contributed by atoms with van der Waals surface area (Å²) in [5.74, 6) is 1.36. The second kappa shape index (κ2) is 11.8. The van der Waals surface area contributed by atoms with Gasteiger partial charge in [-0.1, -0.05) is 31.2 Å². The minimum atomic E-state index is -0.309. The highest BCUT2D eigenvalue weighted by molar-refractivity contribution is 5.95. The molecule has 0 N–H and O–H groups in total. The normalized spacial score (nSPS) is 18.6. The molecule has 166 valence electrons. The van der Waals surface area contributed by atoms with Crippen molar-refractivity contribution in [3.8, 4) is 0 Å². The Morgan fingerprint density at radius 2 is 1.68 bits per heavy atom. The third kappa shape index (κ3) is 7.05. The molecular weight excluding hydrogens is 391 g/mol. The van der Waals surface area contributed by atoms with E-state index in [1.54, 1.807) is 6.07 Å². The predicted molar refractivity (Wildman–Crippen MR) is 120 cm³/mol. The molecule has 4 nitrogen and oxygen atoms in total. The summed E-state index contributed by atoms with van der Waals surface area (Å²) >= 11 is 0. The predicted octanol–water partition coefficient (Wildman–Crippen LogP) is 5.84. The fraction of sp³-hybridized carbons (Fsp3) is 0.538. The summed E-state index contributed by atoms with van der Waals surface area (Å²) in [6.07, 6.45) is 8.30. The molecule has 3 rings (SSSR count). The largest absolute Gasteiger partial charge is 0.300 e. The lowest BCUT2D eigenvalue weighted by Crippen LogP contribution is -2.16. The molecule has 1 heterocycles. The lowest BCUT2D eigenvalue weighted by atomic mass is 9.78. The number of carbonyl (C=O) groups excluding carboxylic acids is 2. The first-order valence-corrected chi connectivity index (χ1v) is 11.6. The number of ketones is 2. The number of hydrogen-bond acceptors (Lipinski definition) is 4. The van der Waals surface area contributed by atoms with Gasteiger partial charge in [0.05, 0.1) is 12.4 Å². The number of hydrogen-bond donors (Lipinski definition) is 0. The zero-order chi connectivity index (χ0) is 22.1. The van der Waals surface area contributed by atoms with Crippen LogP contribution >= 0.6 is 0 Å². The van der Waals surface area contributed by atoms with E-state index in [1.807, 2.05) is 37.3 Å². The molecule has 1 aliphatic rings. The van der Waals surface area contributed by atoms with Gasteiger partial charge in [0.25, 0.3) is 0 Å². The van der Waals surface area contributed by atoms with Crippen LogP contribution in [0.15, 0.2) is 36.4 Å². The van der Waals surface area contributed by atoms with Crippen molar-refractivity contribution in [1.29, 1.82) is 0 Å². The molecule has 1 saturated carbocycles. The van der Waals surface area contributed by atoms with Gasteiger partial charge in [-0.2, -0.15) is 5.10 Å². The van der Waals surface area contributed by atoms with Gasteiger partial charge in [-0.25, -0.2) is 0 Å². The van der Waals surface area contributed by atoms with Crippen LogP contribution in [0, 0.1) is 5.92 Å². The molecule has 1 fully saturated rings. The number of aromatic nitrogens is 2. The molecule has 1 aromatic carbocycles. The maximum Gasteiger partial charge on any atom is 0.187 e. The first kappa shape index (κ1) is 23.2. The van der Waals surface area contributed by atoms with E-state index >= 15 is 0 Å². The van der Waals surface area contributed by atoms with E-state index in [0.29, 0.717) is 49.0 Å². The maximum atomic E-state index is 12.6. The minimum absolute atomic E-state index is 0.0418. The molecular formula is C26H33FN2O2. The summed E-state index contributed by atoms with van der Waals surface area (Å²) in [6, 6.07) is 11.5. The van der Waals surface area contributed by atoms with Crippen LogP contribution in [0.3, 0.4) is 0 Å². The van der Waals surface area contributed by atoms with Crippen LogP contribution in [-0.2, 0) is 17.6 Å². The monoisotopic (exact) mass is 424 g/mol. The zero-order valence-corrected chi connectivity index (χ0v) is 18.5. The summed E-state index contributed by atoms with van der Waals surface area (Å²) in [7, 11) is 0. The zero-order valence-electron chi connectivity index (χ0n) is 18.5. The molecule has 2 aromatic rings. The van der Waals surface area contributed by atoms with Gasteiger partial charge >= 0.3 is 0 Å². The number of Topliss-reactive ketones (excluding diaryl/α,β-unsaturated/α-hetero) is 2. The summed E-state index contributed by atoms with van der Waals surface area (Å²) in [5, 5.41) is 8.58. The molecule has 0 radical (unpaired) electrons. The molecule has 1 aliphatic carbocycles. The van der Waals surface area contributed by atoms with Crippen molar-refractivity contribution >= 4 is 11.6 Å². The summed E-state index contributed by atoms with van der Waals surface area (Å²) in [4.78, 5) is 24.1. The van der Waals surface area contributed by atoms with Crippen LogP contribution < -0.4 is 0 Å². The number of benzene rings is 1. The van der Waals surface area contributed by atoms with Crippen LogP contribution in [0.5, 0.6) is 0 Å². The topological polar surface area (TPSA) is 59.9 Å². The van der Waals surface area contributed by atoms with E-state index in [9.17, 15) is 14.0 Å². The van der Waals surface area contributed by atoms with Gasteiger partial charge < -0.3 is 0 Å². The van der Waals surface area contributed by atoms with Crippen molar-refractivity contribution in [3.05, 3.63) is 58.9 Å². The van der Waals surface area contributed by atoms with E-state index in [4.69, 9.17) is 0 Å². The van der Waals surface area contributed by atoms with Crippen LogP contribution in [-0.4, -0.2) is 28.4 Å². The number of halogens is 1. The molecule has 0 bridgehead atoms. The SMILES string of the molecule is CCC(=O)CC[C@H]1CC[C@H](c2ccc(C(=O)Cc3ccc(CCCF)cc3)nn2)CC1. The Kier molecular flexibility index (Phi) is 8.86. The Labute approximate surface area is 184 Å². The van der Waals surface area contributed by atoms with Gasteiger partial charge in [0.1, 0.15) is 11.5 Å². The molecule has 0 aliphatic heterocycles. The Hall–Kier alpha value is -2.43. The molecule has 0 amide bonds. The Bertz CT molecular complexity index is 841. The second-order valence-electron chi connectivity index (χ2n) is 8.70. The Morgan fingerprint density at radius 1 is 0.968 bits per heavy atom. The first-order valence-electron chi connectivity index (χ1n) is 11.6. The number of rotatable bonds is 11. The van der Waals surface area contributed by atoms with E-state index < -0.39 is 0 Å². The number of aryl methyl sites for hydroxylation is 1. The second-order valence-corrected chi connectivity index (χ2v) is 8.70. The van der Waals surface area contributed by atoms with E-state index in [-0.39, 0.29) is 12.5 Å². The average molecular weight is 425 g/mol. The Morgan fingerprint density at radius 3 is 2.29 bits per heavy atom. The molecule has 0 atom stereocenters. The van der Waals surface area contributed by atoms with Crippen molar-refractivity contribution in [2.24, 2.45) is 5.92 Å². The van der Waals surface area contributed by atoms with E-state index in [1.165, 1.54) is 0 Å². The molecule has 0 unspecified atom stereocenters. The molecule has 31 heavy (non-hydrogen) atoms. The van der Waals surface area contributed by atoms with Crippen LogP contribution in [0.2, 0.25) is 0 Å². The summed E-state index contributed by atoms with van der Waals surface area (Å²) < 4.78 is 12.3. The van der Waals surface area contributed by atoms with Crippen LogP contribution in [0.4, 0.5) is 4.39 Å². The number of carbonyl (C=O) groups is 2. The maximum absolute atomic E-state index is 12.6. The average Bonchev–Trinajstić information content (AvgIpc) is 2.82. The van der Waals surface area contributed by atoms with Gasteiger partial charge in [-0.3, -0.25) is 14.0 Å². The Balaban J connectivity index is 1.48. The minimum Gasteiger partial charge on any atom is -0.300 e. The van der Waals surface area contributed by atoms with Gasteiger partial charge in [-0.15, -0.1) is 5.10 Å². The summed E-state index contributed by atoms with van der Waals surface area (Å²) in [6.45, 7) is 1.62. The van der Waals surface area contributed by atoms with Gasteiger partial charge in [0.15, 0.2) is 5.78 Å². The highest BCUT2D eigenvalue weighted by Crippen LogP contribution is 2.36. The highest BCUT2D eigenvalue weighted by atomic mass is 19.1. The van der Waals surface area contributed by atoms with Crippen LogP contribution in [0.1, 0.15) is 91.5 Å². The molecule has 1 aromatic heterocycles. The van der Waals surface area contributed by atoms with Gasteiger partial charge in [-0.05, 0) is 74.1 Å². The van der Waals surface area contributed by atoms with E-state index in [2.05, 4.69) is 10.2 Å². The lowest BCUT2D eigenvalue weighted by molar-refractivity contribution is -0.119. The third-order valence-corrected chi connectivity index (χ3v) is 6.45. The summed E-state index contributed by atoms with van der Waals surface area (Å²) in [5.41, 5.74) is 3.39. The number of nitrogens with zero attached hydrogens (tertiary/aromatic N) is 2. The van der Waals surface area contributed by atoms with Crippen molar-refractivity contribution < 1.29 is 14.0 Å². The van der Waals surface area contributed by atoms with Gasteiger partial charge in [0.2, 0.25) is 0 Å². The molecule has 0 saturated heterocycles. The van der Waals surface area contributed by atoms with Crippen molar-refractivity contribution in [2.45, 2.75) is 77.0 Å². The van der Waals surface area contributed by atoms with E-state index in [0.717, 1.165) is 55.3 Å². The van der Waals surface area contributed by atoms with Crippen molar-refractivity contribution in [3.63, 3.8) is 0 Å². The van der Waals surface area contributed by atoms with Crippen molar-refractivity contribution in [2.75, 3.05) is 6.67 Å². The standard InChI is InChI=1S/C26H33FN2O2/c1-2-23(30)14-11-20-9-12-22(13-10-20)24-15-16-25(29-28-24)26(31)18-21-7-5-19(6-8-21)4-3-17-27/h5-8,15-16,20,22H,2-4,9-14,17-18H2,1H3/t20-,22-. The highest BCUT2D eigenvalue weighted by Gasteiger charge is 2.24.